The van der Waals surface area contributed by atoms with Gasteiger partial charge in [0, 0.05) is 11.1 Å². The standard InChI is InChI=1S/C22H19N3O3S/c1-28-19-13-11-18(12-14-19)21(27)24-25-22(29)23-20(26)17-9-7-16(8-10-17)15-5-3-2-4-6-15/h2-14H,1H3,(H,24,27)(H2,23,25,26,29). The van der Waals surface area contributed by atoms with Crippen molar-refractivity contribution in [1.29, 1.82) is 0 Å². The molecule has 3 N–H and O–H groups in total. The fourth-order valence-corrected chi connectivity index (χ4v) is 2.72. The first-order valence-electron chi connectivity index (χ1n) is 8.78. The summed E-state index contributed by atoms with van der Waals surface area (Å²) in [6, 6.07) is 23.6. The monoisotopic (exact) mass is 405 g/mol. The Hall–Kier alpha value is -3.71. The lowest BCUT2D eigenvalue weighted by molar-refractivity contribution is 0.0934. The van der Waals surface area contributed by atoms with Crippen molar-refractivity contribution in [3.63, 3.8) is 0 Å². The van der Waals surface area contributed by atoms with Crippen LogP contribution in [0.5, 0.6) is 5.75 Å². The molecular formula is C22H19N3O3S. The zero-order valence-electron chi connectivity index (χ0n) is 15.6. The van der Waals surface area contributed by atoms with E-state index in [1.165, 1.54) is 0 Å². The summed E-state index contributed by atoms with van der Waals surface area (Å²) in [5.41, 5.74) is 7.90. The molecule has 3 rings (SSSR count). The smallest absolute Gasteiger partial charge is 0.269 e. The maximum absolute atomic E-state index is 12.3. The van der Waals surface area contributed by atoms with E-state index in [-0.39, 0.29) is 11.0 Å². The van der Waals surface area contributed by atoms with Gasteiger partial charge in [-0.3, -0.25) is 25.8 Å². The molecule has 0 atom stereocenters. The number of nitrogens with one attached hydrogen (secondary N) is 3. The Balaban J connectivity index is 1.52. The average molecular weight is 405 g/mol. The van der Waals surface area contributed by atoms with Crippen LogP contribution in [0.1, 0.15) is 20.7 Å². The normalized spacial score (nSPS) is 9.97. The quantitative estimate of drug-likeness (QED) is 0.458. The maximum Gasteiger partial charge on any atom is 0.269 e. The molecule has 0 aliphatic carbocycles. The summed E-state index contributed by atoms with van der Waals surface area (Å²) in [7, 11) is 1.55. The fraction of sp³-hybridized carbons (Fsp3) is 0.0455. The summed E-state index contributed by atoms with van der Waals surface area (Å²) < 4.78 is 5.05. The van der Waals surface area contributed by atoms with Crippen molar-refractivity contribution >= 4 is 29.1 Å². The third-order valence-corrected chi connectivity index (χ3v) is 4.33. The van der Waals surface area contributed by atoms with Gasteiger partial charge in [0.05, 0.1) is 7.11 Å². The van der Waals surface area contributed by atoms with Gasteiger partial charge in [-0.2, -0.15) is 0 Å². The lowest BCUT2D eigenvalue weighted by Gasteiger charge is -2.11. The van der Waals surface area contributed by atoms with Gasteiger partial charge in [-0.1, -0.05) is 42.5 Å². The molecule has 0 fully saturated rings. The molecule has 0 heterocycles. The molecule has 0 aliphatic heterocycles. The predicted octanol–water partition coefficient (Wildman–Crippen LogP) is 3.31. The topological polar surface area (TPSA) is 79.5 Å². The molecule has 29 heavy (non-hydrogen) atoms. The highest BCUT2D eigenvalue weighted by Crippen LogP contribution is 2.19. The van der Waals surface area contributed by atoms with Crippen molar-refractivity contribution in [3.05, 3.63) is 90.0 Å². The highest BCUT2D eigenvalue weighted by atomic mass is 32.1. The zero-order valence-corrected chi connectivity index (χ0v) is 16.5. The first kappa shape index (κ1) is 20.0. The summed E-state index contributed by atoms with van der Waals surface area (Å²) in [6.07, 6.45) is 0. The lowest BCUT2D eigenvalue weighted by atomic mass is 10.0. The Morgan fingerprint density at radius 1 is 0.724 bits per heavy atom. The van der Waals surface area contributed by atoms with Crippen molar-refractivity contribution in [2.45, 2.75) is 0 Å². The molecule has 2 amide bonds. The number of hydrogen-bond donors (Lipinski definition) is 3. The molecule has 7 heteroatoms. The molecule has 0 aliphatic rings. The number of thiocarbonyl (C=S) groups is 1. The minimum Gasteiger partial charge on any atom is -0.497 e. The van der Waals surface area contributed by atoms with Gasteiger partial charge >= 0.3 is 0 Å². The van der Waals surface area contributed by atoms with Gasteiger partial charge < -0.3 is 4.74 Å². The number of methoxy groups -OCH3 is 1. The molecule has 0 saturated heterocycles. The summed E-state index contributed by atoms with van der Waals surface area (Å²) in [6.45, 7) is 0. The first-order valence-corrected chi connectivity index (χ1v) is 9.19. The van der Waals surface area contributed by atoms with Crippen LogP contribution in [-0.4, -0.2) is 24.0 Å². The van der Waals surface area contributed by atoms with Gasteiger partial charge in [0.1, 0.15) is 5.75 Å². The third-order valence-electron chi connectivity index (χ3n) is 4.12. The maximum atomic E-state index is 12.3. The molecule has 146 valence electrons. The van der Waals surface area contributed by atoms with Crippen LogP contribution < -0.4 is 20.9 Å². The van der Waals surface area contributed by atoms with E-state index in [1.807, 2.05) is 42.5 Å². The molecule has 0 radical (unpaired) electrons. The van der Waals surface area contributed by atoms with Gasteiger partial charge in [-0.15, -0.1) is 0 Å². The highest BCUT2D eigenvalue weighted by Gasteiger charge is 2.10. The van der Waals surface area contributed by atoms with Crippen LogP contribution in [0.3, 0.4) is 0 Å². The largest absolute Gasteiger partial charge is 0.497 e. The number of carbonyl (C=O) groups excluding carboxylic acids is 2. The van der Waals surface area contributed by atoms with Crippen molar-refractivity contribution < 1.29 is 14.3 Å². The van der Waals surface area contributed by atoms with Crippen LogP contribution in [0.2, 0.25) is 0 Å². The van der Waals surface area contributed by atoms with Crippen molar-refractivity contribution in [2.75, 3.05) is 7.11 Å². The van der Waals surface area contributed by atoms with Crippen molar-refractivity contribution in [3.8, 4) is 16.9 Å². The van der Waals surface area contributed by atoms with Crippen LogP contribution in [0, 0.1) is 0 Å². The second-order valence-corrected chi connectivity index (χ2v) is 6.44. The molecular weight excluding hydrogens is 386 g/mol. The van der Waals surface area contributed by atoms with Crippen LogP contribution >= 0.6 is 12.2 Å². The first-order chi connectivity index (χ1) is 14.1. The Labute approximate surface area is 173 Å². The minimum absolute atomic E-state index is 0.0102. The molecule has 0 aromatic heterocycles. The van der Waals surface area contributed by atoms with Gasteiger partial charge in [0.15, 0.2) is 5.11 Å². The molecule has 0 unspecified atom stereocenters. The summed E-state index contributed by atoms with van der Waals surface area (Å²) in [5, 5.41) is 2.52. The van der Waals surface area contributed by atoms with E-state index in [0.717, 1.165) is 11.1 Å². The molecule has 6 nitrogen and oxygen atoms in total. The van der Waals surface area contributed by atoms with Gasteiger partial charge in [-0.25, -0.2) is 0 Å². The van der Waals surface area contributed by atoms with Crippen LogP contribution in [-0.2, 0) is 0 Å². The number of hydrogen-bond acceptors (Lipinski definition) is 4. The SMILES string of the molecule is COc1ccc(C(=O)NNC(=S)NC(=O)c2ccc(-c3ccccc3)cc2)cc1. The third kappa shape index (κ3) is 5.40. The molecule has 0 spiro atoms. The number of hydrazine groups is 1. The minimum atomic E-state index is -0.392. The number of benzene rings is 3. The number of rotatable bonds is 4. The Kier molecular flexibility index (Phi) is 6.55. The Morgan fingerprint density at radius 3 is 1.90 bits per heavy atom. The van der Waals surface area contributed by atoms with E-state index < -0.39 is 5.91 Å². The van der Waals surface area contributed by atoms with E-state index in [1.54, 1.807) is 43.5 Å². The number of carbonyl (C=O) groups is 2. The summed E-state index contributed by atoms with van der Waals surface area (Å²) in [4.78, 5) is 24.4. The summed E-state index contributed by atoms with van der Waals surface area (Å²) in [5.74, 6) is -0.118. The lowest BCUT2D eigenvalue weighted by Crippen LogP contribution is -2.48. The zero-order chi connectivity index (χ0) is 20.6. The number of ether oxygens (including phenoxy) is 1. The highest BCUT2D eigenvalue weighted by molar-refractivity contribution is 7.80. The molecule has 0 bridgehead atoms. The van der Waals surface area contributed by atoms with Crippen LogP contribution in [0.4, 0.5) is 0 Å². The second-order valence-electron chi connectivity index (χ2n) is 6.03. The van der Waals surface area contributed by atoms with E-state index in [4.69, 9.17) is 17.0 Å². The molecule has 3 aromatic rings. The predicted molar refractivity (Wildman–Crippen MR) is 116 cm³/mol. The van der Waals surface area contributed by atoms with Gasteiger partial charge in [-0.05, 0) is 59.7 Å². The summed E-state index contributed by atoms with van der Waals surface area (Å²) >= 11 is 5.06. The van der Waals surface area contributed by atoms with Crippen LogP contribution in [0.15, 0.2) is 78.9 Å². The van der Waals surface area contributed by atoms with Gasteiger partial charge in [0.2, 0.25) is 0 Å². The average Bonchev–Trinajstić information content (AvgIpc) is 2.78. The number of amides is 2. The van der Waals surface area contributed by atoms with E-state index >= 15 is 0 Å². The van der Waals surface area contributed by atoms with Gasteiger partial charge in [0.25, 0.3) is 11.8 Å². The van der Waals surface area contributed by atoms with Crippen LogP contribution in [0.25, 0.3) is 11.1 Å². The Bertz CT molecular complexity index is 1000. The Morgan fingerprint density at radius 2 is 1.28 bits per heavy atom. The van der Waals surface area contributed by atoms with E-state index in [2.05, 4.69) is 16.2 Å². The van der Waals surface area contributed by atoms with E-state index in [9.17, 15) is 9.59 Å². The van der Waals surface area contributed by atoms with E-state index in [0.29, 0.717) is 16.9 Å². The molecule has 0 saturated carbocycles. The fourth-order valence-electron chi connectivity index (χ4n) is 2.58. The molecule has 3 aromatic carbocycles. The second kappa shape index (κ2) is 9.48. The van der Waals surface area contributed by atoms with Crippen molar-refractivity contribution in [2.24, 2.45) is 0 Å². The van der Waals surface area contributed by atoms with Crippen molar-refractivity contribution in [1.82, 2.24) is 16.2 Å².